The van der Waals surface area contributed by atoms with E-state index in [1.54, 1.807) is 24.1 Å². The molecule has 1 aliphatic heterocycles. The molecule has 2 rings (SSSR count). The molecule has 92 valence electrons. The molecule has 1 aliphatic rings. The maximum atomic E-state index is 11.4. The fraction of sp³-hybridized carbons (Fsp3) is 0.417. The minimum absolute atomic E-state index is 0.0399. The summed E-state index contributed by atoms with van der Waals surface area (Å²) in [5.41, 5.74) is 0.837. The topological polar surface area (TPSA) is 55.8 Å². The summed E-state index contributed by atoms with van der Waals surface area (Å²) in [6, 6.07) is 7.24. The summed E-state index contributed by atoms with van der Waals surface area (Å²) >= 11 is 0. The number of para-hydroxylation sites is 2. The number of amides is 2. The lowest BCUT2D eigenvalue weighted by Crippen LogP contribution is -2.51. The normalized spacial score (nSPS) is 15.8. The average Bonchev–Trinajstić information content (AvgIpc) is 2.39. The van der Waals surface area contributed by atoms with E-state index < -0.39 is 0 Å². The number of aromatic hydroxyl groups is 1. The SMILES string of the molecule is CNC(=O)N1CCN(c2ccccc2O)CC1. The second-order valence-corrected chi connectivity index (χ2v) is 4.02. The van der Waals surface area contributed by atoms with Crippen LogP contribution in [0.5, 0.6) is 5.75 Å². The van der Waals surface area contributed by atoms with Crippen molar-refractivity contribution in [3.8, 4) is 5.75 Å². The van der Waals surface area contributed by atoms with Crippen molar-refractivity contribution < 1.29 is 9.90 Å². The number of nitrogens with one attached hydrogen (secondary N) is 1. The van der Waals surface area contributed by atoms with Crippen molar-refractivity contribution in [3.05, 3.63) is 24.3 Å². The predicted molar refractivity (Wildman–Crippen MR) is 66.3 cm³/mol. The van der Waals surface area contributed by atoms with E-state index in [1.807, 2.05) is 12.1 Å². The Morgan fingerprint density at radius 2 is 1.88 bits per heavy atom. The van der Waals surface area contributed by atoms with Gasteiger partial charge in [0.15, 0.2) is 0 Å². The number of hydrogen-bond donors (Lipinski definition) is 2. The molecular formula is C12H17N3O2. The average molecular weight is 235 g/mol. The first-order chi connectivity index (χ1) is 8.22. The fourth-order valence-corrected chi connectivity index (χ4v) is 2.04. The number of hydrogen-bond acceptors (Lipinski definition) is 3. The van der Waals surface area contributed by atoms with Crippen LogP contribution in [-0.2, 0) is 0 Å². The van der Waals surface area contributed by atoms with Crippen LogP contribution in [0.25, 0.3) is 0 Å². The molecule has 1 heterocycles. The Labute approximate surface area is 101 Å². The van der Waals surface area contributed by atoms with Gasteiger partial charge in [-0.2, -0.15) is 0 Å². The number of nitrogens with zero attached hydrogens (tertiary/aromatic N) is 2. The lowest BCUT2D eigenvalue weighted by molar-refractivity contribution is 0.196. The molecule has 1 aromatic carbocycles. The zero-order chi connectivity index (χ0) is 12.3. The molecule has 0 aromatic heterocycles. The highest BCUT2D eigenvalue weighted by Crippen LogP contribution is 2.27. The third kappa shape index (κ3) is 2.43. The van der Waals surface area contributed by atoms with Gasteiger partial charge >= 0.3 is 6.03 Å². The Morgan fingerprint density at radius 3 is 2.47 bits per heavy atom. The number of carbonyl (C=O) groups excluding carboxylic acids is 1. The van der Waals surface area contributed by atoms with Crippen LogP contribution in [-0.4, -0.2) is 49.3 Å². The molecule has 17 heavy (non-hydrogen) atoms. The molecule has 5 nitrogen and oxygen atoms in total. The van der Waals surface area contributed by atoms with Crippen LogP contribution in [0.4, 0.5) is 10.5 Å². The van der Waals surface area contributed by atoms with E-state index in [2.05, 4.69) is 10.2 Å². The Morgan fingerprint density at radius 1 is 1.24 bits per heavy atom. The first-order valence-corrected chi connectivity index (χ1v) is 5.72. The first-order valence-electron chi connectivity index (χ1n) is 5.72. The summed E-state index contributed by atoms with van der Waals surface area (Å²) in [6.45, 7) is 2.83. The molecule has 0 saturated carbocycles. The Hall–Kier alpha value is -1.91. The fourth-order valence-electron chi connectivity index (χ4n) is 2.04. The van der Waals surface area contributed by atoms with Gasteiger partial charge in [0.2, 0.25) is 0 Å². The summed E-state index contributed by atoms with van der Waals surface area (Å²) < 4.78 is 0. The Balaban J connectivity index is 2.00. The van der Waals surface area contributed by atoms with Crippen molar-refractivity contribution >= 4 is 11.7 Å². The molecule has 0 atom stereocenters. The zero-order valence-electron chi connectivity index (χ0n) is 9.89. The van der Waals surface area contributed by atoms with E-state index >= 15 is 0 Å². The third-order valence-corrected chi connectivity index (χ3v) is 3.00. The molecule has 0 radical (unpaired) electrons. The Bertz CT molecular complexity index is 400. The van der Waals surface area contributed by atoms with Gasteiger partial charge in [-0.1, -0.05) is 12.1 Å². The molecular weight excluding hydrogens is 218 g/mol. The van der Waals surface area contributed by atoms with Gasteiger partial charge in [-0.05, 0) is 12.1 Å². The van der Waals surface area contributed by atoms with Gasteiger partial charge in [-0.25, -0.2) is 4.79 Å². The maximum Gasteiger partial charge on any atom is 0.317 e. The van der Waals surface area contributed by atoms with E-state index in [-0.39, 0.29) is 6.03 Å². The second-order valence-electron chi connectivity index (χ2n) is 4.02. The smallest absolute Gasteiger partial charge is 0.317 e. The quantitative estimate of drug-likeness (QED) is 0.759. The number of rotatable bonds is 1. The van der Waals surface area contributed by atoms with E-state index in [1.165, 1.54) is 0 Å². The van der Waals surface area contributed by atoms with Crippen LogP contribution in [0.15, 0.2) is 24.3 Å². The third-order valence-electron chi connectivity index (χ3n) is 3.00. The highest BCUT2D eigenvalue weighted by Gasteiger charge is 2.21. The molecule has 0 spiro atoms. The van der Waals surface area contributed by atoms with Crippen LogP contribution >= 0.6 is 0 Å². The van der Waals surface area contributed by atoms with Gasteiger partial charge in [-0.3, -0.25) is 0 Å². The van der Waals surface area contributed by atoms with Crippen molar-refractivity contribution in [1.29, 1.82) is 0 Å². The summed E-state index contributed by atoms with van der Waals surface area (Å²) in [5.74, 6) is 0.292. The Kier molecular flexibility index (Phi) is 3.37. The van der Waals surface area contributed by atoms with Crippen molar-refractivity contribution in [3.63, 3.8) is 0 Å². The number of urea groups is 1. The summed E-state index contributed by atoms with van der Waals surface area (Å²) in [6.07, 6.45) is 0. The number of anilines is 1. The van der Waals surface area contributed by atoms with E-state index in [0.717, 1.165) is 18.8 Å². The van der Waals surface area contributed by atoms with Crippen molar-refractivity contribution in [1.82, 2.24) is 10.2 Å². The van der Waals surface area contributed by atoms with Gasteiger partial charge in [0, 0.05) is 33.2 Å². The minimum Gasteiger partial charge on any atom is -0.506 e. The van der Waals surface area contributed by atoms with Crippen LogP contribution in [0.1, 0.15) is 0 Å². The van der Waals surface area contributed by atoms with Gasteiger partial charge in [-0.15, -0.1) is 0 Å². The van der Waals surface area contributed by atoms with Crippen LogP contribution in [0.2, 0.25) is 0 Å². The first kappa shape index (κ1) is 11.6. The number of carbonyl (C=O) groups is 1. The minimum atomic E-state index is -0.0399. The largest absolute Gasteiger partial charge is 0.506 e. The number of piperazine rings is 1. The second kappa shape index (κ2) is 4.95. The van der Waals surface area contributed by atoms with Crippen LogP contribution < -0.4 is 10.2 Å². The summed E-state index contributed by atoms with van der Waals surface area (Å²) in [5, 5.41) is 12.4. The molecule has 0 unspecified atom stereocenters. The molecule has 5 heteroatoms. The van der Waals surface area contributed by atoms with Crippen molar-refractivity contribution in [2.24, 2.45) is 0 Å². The zero-order valence-corrected chi connectivity index (χ0v) is 9.89. The molecule has 0 bridgehead atoms. The van der Waals surface area contributed by atoms with Gasteiger partial charge < -0.3 is 20.2 Å². The maximum absolute atomic E-state index is 11.4. The standard InChI is InChI=1S/C12H17N3O2/c1-13-12(17)15-8-6-14(7-9-15)10-4-2-3-5-11(10)16/h2-5,16H,6-9H2,1H3,(H,13,17). The lowest BCUT2D eigenvalue weighted by atomic mass is 10.2. The van der Waals surface area contributed by atoms with Gasteiger partial charge in [0.1, 0.15) is 5.75 Å². The lowest BCUT2D eigenvalue weighted by Gasteiger charge is -2.36. The van der Waals surface area contributed by atoms with E-state index in [4.69, 9.17) is 0 Å². The summed E-state index contributed by atoms with van der Waals surface area (Å²) in [7, 11) is 1.64. The molecule has 0 aliphatic carbocycles. The van der Waals surface area contributed by atoms with Crippen LogP contribution in [0.3, 0.4) is 0 Å². The van der Waals surface area contributed by atoms with E-state index in [0.29, 0.717) is 18.8 Å². The van der Waals surface area contributed by atoms with Crippen molar-refractivity contribution in [2.45, 2.75) is 0 Å². The monoisotopic (exact) mass is 235 g/mol. The molecule has 1 fully saturated rings. The molecule has 1 aromatic rings. The van der Waals surface area contributed by atoms with Crippen molar-refractivity contribution in [2.75, 3.05) is 38.1 Å². The number of phenols is 1. The van der Waals surface area contributed by atoms with Gasteiger partial charge in [0.05, 0.1) is 5.69 Å². The van der Waals surface area contributed by atoms with Crippen LogP contribution in [0, 0.1) is 0 Å². The molecule has 2 amide bonds. The highest BCUT2D eigenvalue weighted by atomic mass is 16.3. The molecule has 1 saturated heterocycles. The van der Waals surface area contributed by atoms with Gasteiger partial charge in [0.25, 0.3) is 0 Å². The summed E-state index contributed by atoms with van der Waals surface area (Å²) in [4.78, 5) is 15.3. The number of benzene rings is 1. The molecule has 2 N–H and O–H groups in total. The number of phenolic OH excluding ortho intramolecular Hbond substituents is 1. The predicted octanol–water partition coefficient (Wildman–Crippen LogP) is 0.854. The highest BCUT2D eigenvalue weighted by molar-refractivity contribution is 5.74. The van der Waals surface area contributed by atoms with E-state index in [9.17, 15) is 9.90 Å².